The maximum Gasteiger partial charge on any atom is 0.0961 e. The molecule has 0 saturated heterocycles. The van der Waals surface area contributed by atoms with Crippen LogP contribution in [-0.2, 0) is 0 Å². The molecule has 100 valence electrons. The largest absolute Gasteiger partial charge is 0.313 e. The number of rotatable bonds is 5. The molecular formula is C14H21ClN2S. The highest BCUT2D eigenvalue weighted by atomic mass is 35.5. The van der Waals surface area contributed by atoms with Crippen molar-refractivity contribution in [3.05, 3.63) is 23.4 Å². The molecule has 18 heavy (non-hydrogen) atoms. The Morgan fingerprint density at radius 3 is 2.67 bits per heavy atom. The number of hydrogen-bond acceptors (Lipinski definition) is 3. The second kappa shape index (κ2) is 8.03. The summed E-state index contributed by atoms with van der Waals surface area (Å²) in [6.07, 6.45) is 10.0. The van der Waals surface area contributed by atoms with Crippen molar-refractivity contribution in [2.45, 2.75) is 49.6 Å². The number of thioether (sulfide) groups is 1. The van der Waals surface area contributed by atoms with E-state index >= 15 is 0 Å². The predicted molar refractivity (Wildman–Crippen MR) is 79.5 cm³/mol. The van der Waals surface area contributed by atoms with E-state index in [9.17, 15) is 0 Å². The summed E-state index contributed by atoms with van der Waals surface area (Å²) in [4.78, 5) is 4.28. The van der Waals surface area contributed by atoms with Gasteiger partial charge in [0.1, 0.15) is 0 Å². The third kappa shape index (κ3) is 5.17. The number of nitrogens with zero attached hydrogens (tertiary/aromatic N) is 1. The quantitative estimate of drug-likeness (QED) is 0.500. The Balaban J connectivity index is 1.61. The minimum atomic E-state index is 0.705. The van der Waals surface area contributed by atoms with Gasteiger partial charge in [0.05, 0.1) is 10.0 Å². The van der Waals surface area contributed by atoms with Crippen LogP contribution in [0.2, 0.25) is 5.02 Å². The molecule has 0 radical (unpaired) electrons. The second-order valence-electron chi connectivity index (χ2n) is 4.81. The molecular weight excluding hydrogens is 264 g/mol. The maximum absolute atomic E-state index is 5.81. The molecule has 1 aliphatic carbocycles. The summed E-state index contributed by atoms with van der Waals surface area (Å²) in [5.41, 5.74) is 0. The molecule has 0 unspecified atom stereocenters. The van der Waals surface area contributed by atoms with Gasteiger partial charge in [-0.05, 0) is 25.0 Å². The fourth-order valence-electron chi connectivity index (χ4n) is 2.35. The Morgan fingerprint density at radius 1 is 1.22 bits per heavy atom. The molecule has 1 saturated carbocycles. The second-order valence-corrected chi connectivity index (χ2v) is 6.36. The molecule has 1 N–H and O–H groups in total. The summed E-state index contributed by atoms with van der Waals surface area (Å²) in [5.74, 6) is 1.07. The topological polar surface area (TPSA) is 24.9 Å². The molecule has 2 nitrogen and oxygen atoms in total. The van der Waals surface area contributed by atoms with Gasteiger partial charge in [-0.15, -0.1) is 11.8 Å². The Bertz CT molecular complexity index is 334. The van der Waals surface area contributed by atoms with Gasteiger partial charge in [-0.2, -0.15) is 0 Å². The summed E-state index contributed by atoms with van der Waals surface area (Å²) < 4.78 is 0. The highest BCUT2D eigenvalue weighted by molar-refractivity contribution is 7.99. The smallest absolute Gasteiger partial charge is 0.0961 e. The normalized spacial score (nSPS) is 17.6. The van der Waals surface area contributed by atoms with Crippen molar-refractivity contribution < 1.29 is 0 Å². The van der Waals surface area contributed by atoms with E-state index in [1.807, 2.05) is 12.1 Å². The van der Waals surface area contributed by atoms with E-state index in [-0.39, 0.29) is 0 Å². The zero-order valence-electron chi connectivity index (χ0n) is 10.7. The third-order valence-corrected chi connectivity index (χ3v) is 4.51. The monoisotopic (exact) mass is 284 g/mol. The van der Waals surface area contributed by atoms with Crippen LogP contribution in [0.25, 0.3) is 0 Å². The van der Waals surface area contributed by atoms with Crippen molar-refractivity contribution in [3.63, 3.8) is 0 Å². The van der Waals surface area contributed by atoms with E-state index in [4.69, 9.17) is 11.6 Å². The van der Waals surface area contributed by atoms with Gasteiger partial charge in [0.2, 0.25) is 0 Å². The van der Waals surface area contributed by atoms with E-state index in [0.717, 1.165) is 23.4 Å². The molecule has 1 heterocycles. The molecule has 1 aromatic heterocycles. The lowest BCUT2D eigenvalue weighted by Gasteiger charge is -2.15. The maximum atomic E-state index is 5.81. The van der Waals surface area contributed by atoms with E-state index in [0.29, 0.717) is 5.02 Å². The number of pyridine rings is 1. The molecule has 4 heteroatoms. The Morgan fingerprint density at radius 2 is 2.00 bits per heavy atom. The van der Waals surface area contributed by atoms with Crippen LogP contribution in [0.15, 0.2) is 23.4 Å². The molecule has 0 aromatic carbocycles. The van der Waals surface area contributed by atoms with Crippen LogP contribution in [0.4, 0.5) is 0 Å². The van der Waals surface area contributed by atoms with E-state index < -0.39 is 0 Å². The third-order valence-electron chi connectivity index (χ3n) is 3.34. The van der Waals surface area contributed by atoms with Gasteiger partial charge in [-0.3, -0.25) is 0 Å². The highest BCUT2D eigenvalue weighted by Gasteiger charge is 2.10. The SMILES string of the molecule is Clc1ccc(SCCNC2CCCCCC2)nc1. The molecule has 0 spiro atoms. The lowest BCUT2D eigenvalue weighted by molar-refractivity contribution is 0.474. The van der Waals surface area contributed by atoms with Crippen LogP contribution in [0.1, 0.15) is 38.5 Å². The van der Waals surface area contributed by atoms with Gasteiger partial charge in [-0.25, -0.2) is 4.98 Å². The van der Waals surface area contributed by atoms with E-state index in [1.165, 1.54) is 38.5 Å². The first-order chi connectivity index (χ1) is 8.84. The van der Waals surface area contributed by atoms with Gasteiger partial charge < -0.3 is 5.32 Å². The standard InChI is InChI=1S/C14H21ClN2S/c15-12-7-8-14(17-11-12)18-10-9-16-13-5-3-1-2-4-6-13/h7-8,11,13,16H,1-6,9-10H2. The van der Waals surface area contributed by atoms with Gasteiger partial charge in [0.15, 0.2) is 0 Å². The van der Waals surface area contributed by atoms with Crippen molar-refractivity contribution in [1.29, 1.82) is 0 Å². The molecule has 1 fully saturated rings. The van der Waals surface area contributed by atoms with Gasteiger partial charge in [-0.1, -0.05) is 37.3 Å². The number of aromatic nitrogens is 1. The van der Waals surface area contributed by atoms with Crippen LogP contribution in [-0.4, -0.2) is 23.3 Å². The average Bonchev–Trinajstić information content (AvgIpc) is 2.65. The average molecular weight is 285 g/mol. The van der Waals surface area contributed by atoms with Crippen LogP contribution in [0.3, 0.4) is 0 Å². The van der Waals surface area contributed by atoms with Crippen molar-refractivity contribution in [2.75, 3.05) is 12.3 Å². The highest BCUT2D eigenvalue weighted by Crippen LogP contribution is 2.18. The Kier molecular flexibility index (Phi) is 6.32. The molecule has 0 atom stereocenters. The van der Waals surface area contributed by atoms with Crippen molar-refractivity contribution >= 4 is 23.4 Å². The summed E-state index contributed by atoms with van der Waals surface area (Å²) in [6, 6.07) is 4.63. The van der Waals surface area contributed by atoms with Gasteiger partial charge in [0, 0.05) is 24.5 Å². The fourth-order valence-corrected chi connectivity index (χ4v) is 3.18. The zero-order chi connectivity index (χ0) is 12.6. The van der Waals surface area contributed by atoms with Gasteiger partial charge >= 0.3 is 0 Å². The first-order valence-electron chi connectivity index (χ1n) is 6.82. The summed E-state index contributed by atoms with van der Waals surface area (Å²) in [5, 5.41) is 5.43. The first-order valence-corrected chi connectivity index (χ1v) is 8.19. The fraction of sp³-hybridized carbons (Fsp3) is 0.643. The number of hydrogen-bond donors (Lipinski definition) is 1. The van der Waals surface area contributed by atoms with E-state index in [1.54, 1.807) is 18.0 Å². The van der Waals surface area contributed by atoms with Crippen LogP contribution in [0.5, 0.6) is 0 Å². The van der Waals surface area contributed by atoms with Gasteiger partial charge in [0.25, 0.3) is 0 Å². The first kappa shape index (κ1) is 14.2. The van der Waals surface area contributed by atoms with Crippen LogP contribution in [0, 0.1) is 0 Å². The minimum absolute atomic E-state index is 0.705. The molecule has 0 amide bonds. The molecule has 0 aliphatic heterocycles. The molecule has 1 aliphatic rings. The van der Waals surface area contributed by atoms with E-state index in [2.05, 4.69) is 10.3 Å². The predicted octanol–water partition coefficient (Wildman–Crippen LogP) is 4.14. The number of nitrogens with one attached hydrogen (secondary N) is 1. The zero-order valence-corrected chi connectivity index (χ0v) is 12.3. The van der Waals surface area contributed by atoms with Crippen molar-refractivity contribution in [2.24, 2.45) is 0 Å². The molecule has 0 bridgehead atoms. The van der Waals surface area contributed by atoms with Crippen LogP contribution >= 0.6 is 23.4 Å². The van der Waals surface area contributed by atoms with Crippen molar-refractivity contribution in [1.82, 2.24) is 10.3 Å². The van der Waals surface area contributed by atoms with Crippen LogP contribution < -0.4 is 5.32 Å². The minimum Gasteiger partial charge on any atom is -0.313 e. The summed E-state index contributed by atoms with van der Waals surface area (Å²) in [6.45, 7) is 1.07. The van der Waals surface area contributed by atoms with Crippen molar-refractivity contribution in [3.8, 4) is 0 Å². The Labute approximate surface area is 119 Å². The summed E-state index contributed by atoms with van der Waals surface area (Å²) in [7, 11) is 0. The Hall–Kier alpha value is -0.250. The lowest BCUT2D eigenvalue weighted by atomic mass is 10.1. The molecule has 1 aromatic rings. The lowest BCUT2D eigenvalue weighted by Crippen LogP contribution is -2.30. The summed E-state index contributed by atoms with van der Waals surface area (Å²) >= 11 is 7.60. The molecule has 2 rings (SSSR count). The number of halogens is 1.